The van der Waals surface area contributed by atoms with Crippen LogP contribution in [0.25, 0.3) is 11.4 Å². The number of anilines is 1. The van der Waals surface area contributed by atoms with Gasteiger partial charge in [-0.3, -0.25) is 4.79 Å². The molecule has 1 amide bonds. The number of hydrogen-bond acceptors (Lipinski definition) is 4. The van der Waals surface area contributed by atoms with Crippen molar-refractivity contribution < 1.29 is 9.18 Å². The van der Waals surface area contributed by atoms with Crippen molar-refractivity contribution in [1.29, 1.82) is 0 Å². The zero-order valence-corrected chi connectivity index (χ0v) is 15.4. The van der Waals surface area contributed by atoms with Gasteiger partial charge in [-0.25, -0.2) is 4.39 Å². The van der Waals surface area contributed by atoms with E-state index in [2.05, 4.69) is 22.4 Å². The largest absolute Gasteiger partial charge is 0.325 e. The van der Waals surface area contributed by atoms with Gasteiger partial charge < -0.3 is 9.88 Å². The third-order valence-corrected chi connectivity index (χ3v) is 4.96. The highest BCUT2D eigenvalue weighted by Gasteiger charge is 2.13. The van der Waals surface area contributed by atoms with E-state index in [0.29, 0.717) is 11.0 Å². The summed E-state index contributed by atoms with van der Waals surface area (Å²) in [6.07, 6.45) is 0.855. The topological polar surface area (TPSA) is 59.8 Å². The Balaban J connectivity index is 1.65. The molecule has 7 heteroatoms. The van der Waals surface area contributed by atoms with Crippen LogP contribution in [0.1, 0.15) is 12.5 Å². The van der Waals surface area contributed by atoms with Crippen molar-refractivity contribution in [3.05, 3.63) is 59.9 Å². The molecule has 2 aromatic carbocycles. The standard InChI is InChI=1S/C19H19FN4OS/c1-3-13-6-4-5-7-16(13)21-17(25)12-26-19-23-22-18(24(19)2)14-8-10-15(20)11-9-14/h4-11H,3,12H2,1-2H3,(H,21,25). The van der Waals surface area contributed by atoms with Gasteiger partial charge in [0.2, 0.25) is 5.91 Å². The van der Waals surface area contributed by atoms with E-state index in [4.69, 9.17) is 0 Å². The van der Waals surface area contributed by atoms with Crippen LogP contribution in [0.5, 0.6) is 0 Å². The van der Waals surface area contributed by atoms with Crippen LogP contribution < -0.4 is 5.32 Å². The molecule has 0 fully saturated rings. The smallest absolute Gasteiger partial charge is 0.234 e. The molecule has 3 rings (SSSR count). The van der Waals surface area contributed by atoms with Gasteiger partial charge in [0.15, 0.2) is 11.0 Å². The number of carbonyl (C=O) groups excluding carboxylic acids is 1. The monoisotopic (exact) mass is 370 g/mol. The number of aromatic nitrogens is 3. The van der Waals surface area contributed by atoms with Crippen molar-refractivity contribution >= 4 is 23.4 Å². The predicted molar refractivity (Wildman–Crippen MR) is 102 cm³/mol. The van der Waals surface area contributed by atoms with Crippen LogP contribution >= 0.6 is 11.8 Å². The maximum Gasteiger partial charge on any atom is 0.234 e. The van der Waals surface area contributed by atoms with E-state index in [9.17, 15) is 9.18 Å². The first-order chi connectivity index (χ1) is 12.6. The molecule has 3 aromatic rings. The lowest BCUT2D eigenvalue weighted by atomic mass is 10.1. The van der Waals surface area contributed by atoms with Gasteiger partial charge in [0, 0.05) is 18.3 Å². The van der Waals surface area contributed by atoms with Crippen LogP contribution in [-0.4, -0.2) is 26.4 Å². The fourth-order valence-corrected chi connectivity index (χ4v) is 3.27. The first-order valence-electron chi connectivity index (χ1n) is 8.24. The van der Waals surface area contributed by atoms with E-state index >= 15 is 0 Å². The summed E-state index contributed by atoms with van der Waals surface area (Å²) in [5.74, 6) is 0.467. The Morgan fingerprint density at radius 3 is 2.62 bits per heavy atom. The summed E-state index contributed by atoms with van der Waals surface area (Å²) in [7, 11) is 1.82. The number of thioether (sulfide) groups is 1. The van der Waals surface area contributed by atoms with E-state index in [1.54, 1.807) is 16.7 Å². The molecule has 1 heterocycles. The molecule has 0 aliphatic heterocycles. The number of para-hydroxylation sites is 1. The van der Waals surface area contributed by atoms with Crippen LogP contribution in [0.2, 0.25) is 0 Å². The third kappa shape index (κ3) is 4.11. The molecular formula is C19H19FN4OS. The van der Waals surface area contributed by atoms with Crippen molar-refractivity contribution in [2.24, 2.45) is 7.05 Å². The van der Waals surface area contributed by atoms with Crippen molar-refractivity contribution in [2.45, 2.75) is 18.5 Å². The Kier molecular flexibility index (Phi) is 5.68. The van der Waals surface area contributed by atoms with Crippen LogP contribution in [0.4, 0.5) is 10.1 Å². The second-order valence-corrected chi connectivity index (χ2v) is 6.66. The van der Waals surface area contributed by atoms with Crippen LogP contribution in [0.3, 0.4) is 0 Å². The SMILES string of the molecule is CCc1ccccc1NC(=O)CSc1nnc(-c2ccc(F)cc2)n1C. The van der Waals surface area contributed by atoms with Crippen LogP contribution in [0, 0.1) is 5.82 Å². The van der Waals surface area contributed by atoms with E-state index in [1.165, 1.54) is 23.9 Å². The predicted octanol–water partition coefficient (Wildman–Crippen LogP) is 3.91. The summed E-state index contributed by atoms with van der Waals surface area (Å²) < 4.78 is 14.9. The lowest BCUT2D eigenvalue weighted by Gasteiger charge is -2.09. The Morgan fingerprint density at radius 2 is 1.88 bits per heavy atom. The number of halogens is 1. The normalized spacial score (nSPS) is 10.7. The average molecular weight is 370 g/mol. The summed E-state index contributed by atoms with van der Waals surface area (Å²) in [5, 5.41) is 11.8. The van der Waals surface area contributed by atoms with Gasteiger partial charge in [0.25, 0.3) is 0 Å². The Hall–Kier alpha value is -2.67. The minimum absolute atomic E-state index is 0.0952. The zero-order valence-electron chi connectivity index (χ0n) is 14.6. The molecule has 0 atom stereocenters. The quantitative estimate of drug-likeness (QED) is 0.668. The van der Waals surface area contributed by atoms with Gasteiger partial charge in [0.1, 0.15) is 5.82 Å². The zero-order chi connectivity index (χ0) is 18.5. The molecule has 0 aliphatic rings. The van der Waals surface area contributed by atoms with E-state index in [1.807, 2.05) is 31.3 Å². The van der Waals surface area contributed by atoms with Gasteiger partial charge in [-0.15, -0.1) is 10.2 Å². The van der Waals surface area contributed by atoms with Crippen LogP contribution in [-0.2, 0) is 18.3 Å². The fourth-order valence-electron chi connectivity index (χ4n) is 2.56. The molecule has 26 heavy (non-hydrogen) atoms. The first kappa shape index (κ1) is 18.1. The molecule has 0 saturated carbocycles. The number of nitrogens with zero attached hydrogens (tertiary/aromatic N) is 3. The summed E-state index contributed by atoms with van der Waals surface area (Å²) in [6, 6.07) is 13.8. The molecule has 5 nitrogen and oxygen atoms in total. The summed E-state index contributed by atoms with van der Waals surface area (Å²) in [4.78, 5) is 12.2. The molecule has 134 valence electrons. The number of hydrogen-bond donors (Lipinski definition) is 1. The maximum absolute atomic E-state index is 13.1. The number of carbonyl (C=O) groups is 1. The van der Waals surface area contributed by atoms with Crippen molar-refractivity contribution in [2.75, 3.05) is 11.1 Å². The van der Waals surface area contributed by atoms with Gasteiger partial charge >= 0.3 is 0 Å². The second-order valence-electron chi connectivity index (χ2n) is 5.72. The van der Waals surface area contributed by atoms with Crippen molar-refractivity contribution in [3.8, 4) is 11.4 Å². The lowest BCUT2D eigenvalue weighted by Crippen LogP contribution is -2.15. The van der Waals surface area contributed by atoms with E-state index < -0.39 is 0 Å². The molecule has 0 spiro atoms. The molecule has 0 aliphatic carbocycles. The number of rotatable bonds is 6. The van der Waals surface area contributed by atoms with Crippen molar-refractivity contribution in [3.63, 3.8) is 0 Å². The van der Waals surface area contributed by atoms with Gasteiger partial charge in [0.05, 0.1) is 5.75 Å². The third-order valence-electron chi connectivity index (χ3n) is 3.94. The number of nitrogens with one attached hydrogen (secondary N) is 1. The molecule has 1 aromatic heterocycles. The van der Waals surface area contributed by atoms with Crippen molar-refractivity contribution in [1.82, 2.24) is 14.8 Å². The summed E-state index contributed by atoms with van der Waals surface area (Å²) >= 11 is 1.31. The Bertz CT molecular complexity index is 908. The number of amides is 1. The maximum atomic E-state index is 13.1. The summed E-state index contributed by atoms with van der Waals surface area (Å²) in [6.45, 7) is 2.05. The highest BCUT2D eigenvalue weighted by Crippen LogP contribution is 2.23. The molecule has 0 unspecified atom stereocenters. The fraction of sp³-hybridized carbons (Fsp3) is 0.211. The minimum Gasteiger partial charge on any atom is -0.325 e. The lowest BCUT2D eigenvalue weighted by molar-refractivity contribution is -0.113. The molecule has 0 saturated heterocycles. The molecule has 0 radical (unpaired) electrons. The highest BCUT2D eigenvalue weighted by atomic mass is 32.2. The molecule has 1 N–H and O–H groups in total. The van der Waals surface area contributed by atoms with E-state index in [0.717, 1.165) is 23.2 Å². The minimum atomic E-state index is -0.297. The number of benzene rings is 2. The number of aryl methyl sites for hydroxylation is 1. The van der Waals surface area contributed by atoms with Gasteiger partial charge in [-0.1, -0.05) is 36.9 Å². The van der Waals surface area contributed by atoms with Crippen LogP contribution in [0.15, 0.2) is 53.7 Å². The molecule has 0 bridgehead atoms. The Labute approximate surface area is 155 Å². The first-order valence-corrected chi connectivity index (χ1v) is 9.23. The second kappa shape index (κ2) is 8.14. The molecular weight excluding hydrogens is 351 g/mol. The Morgan fingerprint density at radius 1 is 1.15 bits per heavy atom. The summed E-state index contributed by atoms with van der Waals surface area (Å²) in [5.41, 5.74) is 2.71. The van der Waals surface area contributed by atoms with E-state index in [-0.39, 0.29) is 17.5 Å². The van der Waals surface area contributed by atoms with Gasteiger partial charge in [-0.05, 0) is 42.3 Å². The van der Waals surface area contributed by atoms with Gasteiger partial charge in [-0.2, -0.15) is 0 Å². The highest BCUT2D eigenvalue weighted by molar-refractivity contribution is 7.99. The average Bonchev–Trinajstić information content (AvgIpc) is 3.02.